The first kappa shape index (κ1) is 26.6. The molecule has 1 aliphatic heterocycles. The average Bonchev–Trinajstić information content (AvgIpc) is 3.59. The van der Waals surface area contributed by atoms with E-state index in [9.17, 15) is 5.11 Å². The quantitative estimate of drug-likeness (QED) is 0.229. The van der Waals surface area contributed by atoms with Gasteiger partial charge in [-0.25, -0.2) is 9.97 Å². The van der Waals surface area contributed by atoms with Crippen molar-refractivity contribution in [3.8, 4) is 22.8 Å². The van der Waals surface area contributed by atoms with Crippen LogP contribution in [0.15, 0.2) is 83.8 Å². The van der Waals surface area contributed by atoms with Crippen molar-refractivity contribution in [2.45, 2.75) is 25.5 Å². The molecule has 0 amide bonds. The smallest absolute Gasteiger partial charge is 0.410 e. The lowest BCUT2D eigenvalue weighted by atomic mass is 9.80. The SMILES string of the molecule is COB1OC(C)(C)c2nc(Nc3cc(N[C@H](CO)c4ccccc4)c(-c4nc(-c5ccncc5)no4)cn3)ccc21. The van der Waals surface area contributed by atoms with E-state index in [1.807, 2.05) is 62.4 Å². The van der Waals surface area contributed by atoms with Crippen LogP contribution in [0.25, 0.3) is 22.8 Å². The van der Waals surface area contributed by atoms with E-state index in [1.54, 1.807) is 37.8 Å². The highest BCUT2D eigenvalue weighted by molar-refractivity contribution is 6.63. The Bertz CT molecular complexity index is 1650. The third-order valence-electron chi connectivity index (χ3n) is 6.84. The fourth-order valence-corrected chi connectivity index (χ4v) is 4.78. The van der Waals surface area contributed by atoms with Crippen LogP contribution in [0.3, 0.4) is 0 Å². The van der Waals surface area contributed by atoms with Crippen molar-refractivity contribution in [3.63, 3.8) is 0 Å². The Labute approximate surface area is 237 Å². The van der Waals surface area contributed by atoms with Gasteiger partial charge in [0.05, 0.1) is 35.2 Å². The number of aliphatic hydroxyl groups is 1. The highest BCUT2D eigenvalue weighted by Gasteiger charge is 2.43. The molecular formula is C29H28BN7O4. The van der Waals surface area contributed by atoms with E-state index in [-0.39, 0.29) is 12.5 Å². The van der Waals surface area contributed by atoms with Gasteiger partial charge in [-0.15, -0.1) is 0 Å². The minimum atomic E-state index is -0.605. The normalized spacial score (nSPS) is 14.5. The predicted molar refractivity (Wildman–Crippen MR) is 155 cm³/mol. The van der Waals surface area contributed by atoms with Crippen LogP contribution in [0.1, 0.15) is 31.1 Å². The number of nitrogens with zero attached hydrogens (tertiary/aromatic N) is 5. The second-order valence-electron chi connectivity index (χ2n) is 10.0. The van der Waals surface area contributed by atoms with Crippen molar-refractivity contribution in [3.05, 3.63) is 90.5 Å². The van der Waals surface area contributed by atoms with E-state index in [0.29, 0.717) is 28.7 Å². The van der Waals surface area contributed by atoms with Crippen LogP contribution in [-0.4, -0.2) is 51.0 Å². The Morgan fingerprint density at radius 1 is 1.02 bits per heavy atom. The first-order chi connectivity index (χ1) is 19.9. The number of aliphatic hydroxyl groups excluding tert-OH is 1. The van der Waals surface area contributed by atoms with Crippen molar-refractivity contribution in [2.75, 3.05) is 24.4 Å². The number of anilines is 3. The van der Waals surface area contributed by atoms with E-state index < -0.39 is 18.8 Å². The molecule has 5 heterocycles. The second-order valence-corrected chi connectivity index (χ2v) is 10.0. The lowest BCUT2D eigenvalue weighted by molar-refractivity contribution is 0.0895. The summed E-state index contributed by atoms with van der Waals surface area (Å²) in [6.07, 6.45) is 4.98. The van der Waals surface area contributed by atoms with E-state index in [2.05, 4.69) is 30.7 Å². The second kappa shape index (κ2) is 11.1. The Morgan fingerprint density at radius 3 is 2.59 bits per heavy atom. The van der Waals surface area contributed by atoms with E-state index in [4.69, 9.17) is 18.8 Å². The number of hydrogen-bond donors (Lipinski definition) is 3. The Balaban J connectivity index is 1.35. The molecule has 5 aromatic rings. The van der Waals surface area contributed by atoms with Gasteiger partial charge in [-0.2, -0.15) is 4.98 Å². The number of hydrogen-bond acceptors (Lipinski definition) is 11. The van der Waals surface area contributed by atoms with Gasteiger partial charge in [-0.3, -0.25) is 4.98 Å². The molecule has 0 bridgehead atoms. The molecule has 1 aliphatic rings. The molecule has 0 fully saturated rings. The number of aromatic nitrogens is 5. The molecule has 206 valence electrons. The Kier molecular flexibility index (Phi) is 7.18. The number of pyridine rings is 3. The summed E-state index contributed by atoms with van der Waals surface area (Å²) in [5.41, 5.74) is 4.00. The largest absolute Gasteiger partial charge is 0.496 e. The average molecular weight is 549 g/mol. The minimum Gasteiger partial charge on any atom is -0.410 e. The van der Waals surface area contributed by atoms with Gasteiger partial charge in [-0.1, -0.05) is 41.6 Å². The molecule has 0 aliphatic carbocycles. The molecular weight excluding hydrogens is 521 g/mol. The summed E-state index contributed by atoms with van der Waals surface area (Å²) in [6.45, 7) is 3.78. The lowest BCUT2D eigenvalue weighted by Crippen LogP contribution is -2.31. The molecule has 6 rings (SSSR count). The van der Waals surface area contributed by atoms with Crippen LogP contribution in [0.2, 0.25) is 0 Å². The highest BCUT2D eigenvalue weighted by atomic mass is 16.6. The number of rotatable bonds is 9. The highest BCUT2D eigenvalue weighted by Crippen LogP contribution is 2.34. The van der Waals surface area contributed by atoms with Crippen molar-refractivity contribution < 1.29 is 18.9 Å². The summed E-state index contributed by atoms with van der Waals surface area (Å²) < 4.78 is 17.1. The molecule has 12 heteroatoms. The van der Waals surface area contributed by atoms with Crippen LogP contribution in [0.4, 0.5) is 17.3 Å². The molecule has 0 spiro atoms. The lowest BCUT2D eigenvalue weighted by Gasteiger charge is -2.21. The molecule has 0 saturated heterocycles. The summed E-state index contributed by atoms with van der Waals surface area (Å²) in [5.74, 6) is 1.84. The summed E-state index contributed by atoms with van der Waals surface area (Å²) in [7, 11) is 1.15. The fourth-order valence-electron chi connectivity index (χ4n) is 4.78. The van der Waals surface area contributed by atoms with Gasteiger partial charge < -0.3 is 29.6 Å². The van der Waals surface area contributed by atoms with E-state index in [1.165, 1.54) is 0 Å². The molecule has 0 radical (unpaired) electrons. The first-order valence-electron chi connectivity index (χ1n) is 13.1. The maximum atomic E-state index is 10.3. The topological polar surface area (TPSA) is 140 Å². The van der Waals surface area contributed by atoms with E-state index >= 15 is 0 Å². The molecule has 1 atom stereocenters. The van der Waals surface area contributed by atoms with Crippen LogP contribution in [0, 0.1) is 0 Å². The fraction of sp³-hybridized carbons (Fsp3) is 0.207. The van der Waals surface area contributed by atoms with Gasteiger partial charge in [-0.05, 0) is 37.6 Å². The molecule has 0 saturated carbocycles. The Hall–Kier alpha value is -4.65. The number of nitrogens with one attached hydrogen (secondary N) is 2. The number of benzene rings is 1. The van der Waals surface area contributed by atoms with Crippen LogP contribution in [0.5, 0.6) is 0 Å². The van der Waals surface area contributed by atoms with Crippen LogP contribution in [-0.2, 0) is 14.9 Å². The summed E-state index contributed by atoms with van der Waals surface area (Å²) in [6, 6.07) is 18.5. The predicted octanol–water partition coefficient (Wildman–Crippen LogP) is 4.08. The Morgan fingerprint density at radius 2 is 1.83 bits per heavy atom. The molecule has 41 heavy (non-hydrogen) atoms. The van der Waals surface area contributed by atoms with Gasteiger partial charge in [0.1, 0.15) is 11.6 Å². The summed E-state index contributed by atoms with van der Waals surface area (Å²) in [5, 5.41) is 21.1. The molecule has 3 N–H and O–H groups in total. The summed E-state index contributed by atoms with van der Waals surface area (Å²) >= 11 is 0. The van der Waals surface area contributed by atoms with Gasteiger partial charge in [0.15, 0.2) is 0 Å². The third-order valence-corrected chi connectivity index (χ3v) is 6.84. The van der Waals surface area contributed by atoms with Crippen LogP contribution >= 0.6 is 0 Å². The van der Waals surface area contributed by atoms with Gasteiger partial charge >= 0.3 is 7.12 Å². The molecule has 11 nitrogen and oxygen atoms in total. The molecule has 4 aromatic heterocycles. The monoisotopic (exact) mass is 549 g/mol. The maximum absolute atomic E-state index is 10.3. The zero-order valence-corrected chi connectivity index (χ0v) is 22.8. The standard InChI is InChI=1S/C29H28BN7O4/c1-29(2)26-21(30(39-3)41-29)9-10-24(35-26)34-25-15-22(33-23(17-38)18-7-5-4-6-8-18)20(16-32-25)28-36-27(37-40-28)19-11-13-31-14-12-19/h4-16,23,38H,17H2,1-3H3,(H2,32,33,34,35)/t23-/m1/s1. The van der Waals surface area contributed by atoms with E-state index in [0.717, 1.165) is 22.3 Å². The molecule has 0 unspecified atom stereocenters. The maximum Gasteiger partial charge on any atom is 0.496 e. The first-order valence-corrected chi connectivity index (χ1v) is 13.1. The third kappa shape index (κ3) is 5.40. The van der Waals surface area contributed by atoms with Crippen molar-refractivity contribution in [1.29, 1.82) is 0 Å². The van der Waals surface area contributed by atoms with Crippen molar-refractivity contribution in [1.82, 2.24) is 25.1 Å². The summed E-state index contributed by atoms with van der Waals surface area (Å²) in [4.78, 5) is 18.1. The van der Waals surface area contributed by atoms with Gasteiger partial charge in [0.2, 0.25) is 5.82 Å². The van der Waals surface area contributed by atoms with Gasteiger partial charge in [0.25, 0.3) is 5.89 Å². The molecule has 1 aromatic carbocycles. The van der Waals surface area contributed by atoms with Crippen molar-refractivity contribution in [2.24, 2.45) is 0 Å². The zero-order chi connectivity index (χ0) is 28.4. The van der Waals surface area contributed by atoms with Crippen molar-refractivity contribution >= 4 is 29.9 Å². The van der Waals surface area contributed by atoms with Gasteiger partial charge in [0, 0.05) is 42.8 Å². The van der Waals surface area contributed by atoms with Crippen LogP contribution < -0.4 is 16.1 Å². The number of fused-ring (bicyclic) bond motifs is 1. The zero-order valence-electron chi connectivity index (χ0n) is 22.8. The minimum absolute atomic E-state index is 0.136.